The van der Waals surface area contributed by atoms with Crippen LogP contribution in [0.2, 0.25) is 0 Å². The van der Waals surface area contributed by atoms with Crippen LogP contribution in [-0.2, 0) is 4.79 Å². The first-order valence-corrected chi connectivity index (χ1v) is 6.56. The predicted octanol–water partition coefficient (Wildman–Crippen LogP) is 2.26. The number of hydrogen-bond donors (Lipinski definition) is 2. The fraction of sp³-hybridized carbons (Fsp3) is 0.786. The molecule has 98 valence electrons. The van der Waals surface area contributed by atoms with E-state index < -0.39 is 5.60 Å². The fourth-order valence-electron chi connectivity index (χ4n) is 1.94. The lowest BCUT2D eigenvalue weighted by Crippen LogP contribution is -2.42. The second-order valence-electron chi connectivity index (χ2n) is 5.79. The average molecular weight is 239 g/mol. The van der Waals surface area contributed by atoms with Gasteiger partial charge in [0.05, 0.1) is 5.60 Å². The molecule has 0 heterocycles. The number of nitrogens with one attached hydrogen (secondary N) is 1. The van der Waals surface area contributed by atoms with Crippen LogP contribution in [-0.4, -0.2) is 23.2 Å². The zero-order chi connectivity index (χ0) is 12.9. The monoisotopic (exact) mass is 239 g/mol. The molecular formula is C14H25NO2. The summed E-state index contributed by atoms with van der Waals surface area (Å²) in [5.74, 6) is 0.729. The maximum atomic E-state index is 11.8. The van der Waals surface area contributed by atoms with E-state index in [-0.39, 0.29) is 11.8 Å². The van der Waals surface area contributed by atoms with Crippen LogP contribution in [0, 0.1) is 11.8 Å². The molecule has 1 aliphatic carbocycles. The van der Waals surface area contributed by atoms with Gasteiger partial charge in [-0.2, -0.15) is 0 Å². The Morgan fingerprint density at radius 3 is 2.59 bits per heavy atom. The molecule has 0 saturated heterocycles. The molecule has 1 atom stereocenters. The van der Waals surface area contributed by atoms with Crippen molar-refractivity contribution in [2.45, 2.75) is 52.1 Å². The Bertz CT molecular complexity index is 274. The van der Waals surface area contributed by atoms with Crippen molar-refractivity contribution in [3.8, 4) is 0 Å². The molecule has 0 radical (unpaired) electrons. The third-order valence-corrected chi connectivity index (χ3v) is 3.28. The maximum Gasteiger partial charge on any atom is 0.223 e. The number of rotatable bonds is 6. The zero-order valence-electron chi connectivity index (χ0n) is 11.2. The van der Waals surface area contributed by atoms with Crippen molar-refractivity contribution < 1.29 is 9.90 Å². The Morgan fingerprint density at radius 2 is 2.06 bits per heavy atom. The van der Waals surface area contributed by atoms with Crippen molar-refractivity contribution in [2.75, 3.05) is 6.54 Å². The summed E-state index contributed by atoms with van der Waals surface area (Å²) in [5, 5.41) is 13.0. The third kappa shape index (κ3) is 5.35. The third-order valence-electron chi connectivity index (χ3n) is 3.28. The van der Waals surface area contributed by atoms with Crippen LogP contribution in [0.5, 0.6) is 0 Å². The molecule has 2 N–H and O–H groups in total. The molecule has 1 rings (SSSR count). The topological polar surface area (TPSA) is 49.3 Å². The molecule has 0 aromatic rings. The van der Waals surface area contributed by atoms with Crippen molar-refractivity contribution >= 4 is 5.91 Å². The minimum absolute atomic E-state index is 0.0693. The highest BCUT2D eigenvalue weighted by Gasteiger charge is 2.24. The van der Waals surface area contributed by atoms with Gasteiger partial charge in [0.15, 0.2) is 0 Å². The van der Waals surface area contributed by atoms with Gasteiger partial charge in [-0.05, 0) is 38.5 Å². The number of aliphatic hydroxyl groups is 1. The maximum absolute atomic E-state index is 11.8. The van der Waals surface area contributed by atoms with Crippen LogP contribution < -0.4 is 5.32 Å². The van der Waals surface area contributed by atoms with Crippen LogP contribution in [0.4, 0.5) is 0 Å². The number of hydrogen-bond acceptors (Lipinski definition) is 2. The lowest BCUT2D eigenvalue weighted by molar-refractivity contribution is -0.125. The molecule has 1 amide bonds. The van der Waals surface area contributed by atoms with E-state index in [0.717, 1.165) is 25.7 Å². The van der Waals surface area contributed by atoms with E-state index in [9.17, 15) is 9.90 Å². The van der Waals surface area contributed by atoms with Crippen LogP contribution in [0.15, 0.2) is 12.2 Å². The van der Waals surface area contributed by atoms with Gasteiger partial charge in [-0.1, -0.05) is 26.0 Å². The molecular weight excluding hydrogens is 214 g/mol. The number of carbonyl (C=O) groups excluding carboxylic acids is 1. The lowest BCUT2D eigenvalue weighted by atomic mass is 9.95. The summed E-state index contributed by atoms with van der Waals surface area (Å²) in [5.41, 5.74) is -0.786. The molecule has 17 heavy (non-hydrogen) atoms. The highest BCUT2D eigenvalue weighted by Crippen LogP contribution is 2.19. The van der Waals surface area contributed by atoms with Gasteiger partial charge in [-0.15, -0.1) is 0 Å². The Labute approximate surface area is 104 Å². The molecule has 3 nitrogen and oxygen atoms in total. The molecule has 0 fully saturated rings. The summed E-state index contributed by atoms with van der Waals surface area (Å²) in [7, 11) is 0. The largest absolute Gasteiger partial charge is 0.388 e. The number of allylic oxidation sites excluding steroid dienone is 2. The minimum atomic E-state index is -0.786. The van der Waals surface area contributed by atoms with E-state index in [0.29, 0.717) is 12.5 Å². The SMILES string of the molecule is CC(C)CC[C@@](C)(O)CNC(=O)C1CC=CC1. The van der Waals surface area contributed by atoms with Crippen LogP contribution in [0.25, 0.3) is 0 Å². The van der Waals surface area contributed by atoms with Gasteiger partial charge < -0.3 is 10.4 Å². The Morgan fingerprint density at radius 1 is 1.47 bits per heavy atom. The Hall–Kier alpha value is -0.830. The molecule has 0 unspecified atom stereocenters. The Balaban J connectivity index is 2.25. The average Bonchev–Trinajstić information content (AvgIpc) is 2.77. The van der Waals surface area contributed by atoms with Gasteiger partial charge in [0.2, 0.25) is 5.91 Å². The van der Waals surface area contributed by atoms with Gasteiger partial charge in [0.25, 0.3) is 0 Å². The first kappa shape index (κ1) is 14.2. The standard InChI is InChI=1S/C14H25NO2/c1-11(2)8-9-14(3,17)10-15-13(16)12-6-4-5-7-12/h4-5,11-12,17H,6-10H2,1-3H3,(H,15,16)/t14-/m1/s1. The van der Waals surface area contributed by atoms with E-state index >= 15 is 0 Å². The van der Waals surface area contributed by atoms with Crippen molar-refractivity contribution in [3.63, 3.8) is 0 Å². The summed E-state index contributed by atoms with van der Waals surface area (Å²) in [6, 6.07) is 0. The van der Waals surface area contributed by atoms with E-state index in [2.05, 4.69) is 19.2 Å². The summed E-state index contributed by atoms with van der Waals surface area (Å²) in [6.45, 7) is 6.43. The molecule has 1 aliphatic rings. The van der Waals surface area contributed by atoms with Gasteiger partial charge in [-0.3, -0.25) is 4.79 Å². The van der Waals surface area contributed by atoms with Gasteiger partial charge >= 0.3 is 0 Å². The summed E-state index contributed by atoms with van der Waals surface area (Å²) in [6.07, 6.45) is 7.46. The molecule has 0 spiro atoms. The Kier molecular flexibility index (Phi) is 5.19. The van der Waals surface area contributed by atoms with Gasteiger partial charge in [0.1, 0.15) is 0 Å². The summed E-state index contributed by atoms with van der Waals surface area (Å²) in [4.78, 5) is 11.8. The minimum Gasteiger partial charge on any atom is -0.388 e. The van der Waals surface area contributed by atoms with E-state index in [1.54, 1.807) is 6.92 Å². The molecule has 0 saturated carbocycles. The second kappa shape index (κ2) is 6.20. The molecule has 0 aromatic carbocycles. The predicted molar refractivity (Wildman–Crippen MR) is 69.6 cm³/mol. The van der Waals surface area contributed by atoms with Crippen molar-refractivity contribution in [1.29, 1.82) is 0 Å². The smallest absolute Gasteiger partial charge is 0.223 e. The number of carbonyl (C=O) groups is 1. The van der Waals surface area contributed by atoms with E-state index in [1.165, 1.54) is 0 Å². The second-order valence-corrected chi connectivity index (χ2v) is 5.79. The first-order chi connectivity index (χ1) is 7.91. The zero-order valence-corrected chi connectivity index (χ0v) is 11.2. The summed E-state index contributed by atoms with van der Waals surface area (Å²) >= 11 is 0. The fourth-order valence-corrected chi connectivity index (χ4v) is 1.94. The first-order valence-electron chi connectivity index (χ1n) is 6.56. The molecule has 3 heteroatoms. The summed E-state index contributed by atoms with van der Waals surface area (Å²) < 4.78 is 0. The van der Waals surface area contributed by atoms with Crippen molar-refractivity contribution in [1.82, 2.24) is 5.32 Å². The van der Waals surface area contributed by atoms with Crippen LogP contribution in [0.1, 0.15) is 46.5 Å². The van der Waals surface area contributed by atoms with Gasteiger partial charge in [-0.25, -0.2) is 0 Å². The molecule has 0 bridgehead atoms. The number of amides is 1. The van der Waals surface area contributed by atoms with Crippen LogP contribution >= 0.6 is 0 Å². The lowest BCUT2D eigenvalue weighted by Gasteiger charge is -2.25. The van der Waals surface area contributed by atoms with Crippen molar-refractivity contribution in [2.24, 2.45) is 11.8 Å². The van der Waals surface area contributed by atoms with E-state index in [4.69, 9.17) is 0 Å². The molecule has 0 aliphatic heterocycles. The van der Waals surface area contributed by atoms with Crippen molar-refractivity contribution in [3.05, 3.63) is 12.2 Å². The van der Waals surface area contributed by atoms with Gasteiger partial charge in [0, 0.05) is 12.5 Å². The van der Waals surface area contributed by atoms with E-state index in [1.807, 2.05) is 12.2 Å². The highest BCUT2D eigenvalue weighted by molar-refractivity contribution is 5.79. The molecule has 0 aromatic heterocycles. The normalized spacial score (nSPS) is 19.6. The quantitative estimate of drug-likeness (QED) is 0.698. The highest BCUT2D eigenvalue weighted by atomic mass is 16.3. The van der Waals surface area contributed by atoms with Crippen LogP contribution in [0.3, 0.4) is 0 Å².